The molecule has 0 bridgehead atoms. The van der Waals surface area contributed by atoms with Crippen molar-refractivity contribution in [3.63, 3.8) is 0 Å². The van der Waals surface area contributed by atoms with Gasteiger partial charge < -0.3 is 16.0 Å². The maximum atomic E-state index is 12.4. The standard InChI is InChI=1S/C19H24N4O2/c1-4-17(19(25)23-16-8-5-13(2)6-9-16)20-11-15-7-10-18(21-12-15)22-14(3)24/h5-10,12,17,20H,4,11H2,1-3H3,(H,23,25)(H,21,22,24). The van der Waals surface area contributed by atoms with Crippen LogP contribution in [0.1, 0.15) is 31.4 Å². The second-order valence-corrected chi connectivity index (χ2v) is 5.93. The summed E-state index contributed by atoms with van der Waals surface area (Å²) in [6, 6.07) is 11.0. The Morgan fingerprint density at radius 3 is 2.36 bits per heavy atom. The highest BCUT2D eigenvalue weighted by atomic mass is 16.2. The minimum atomic E-state index is -0.295. The van der Waals surface area contributed by atoms with Gasteiger partial charge in [-0.2, -0.15) is 0 Å². The summed E-state index contributed by atoms with van der Waals surface area (Å²) in [5.74, 6) is 0.298. The van der Waals surface area contributed by atoms with Crippen LogP contribution in [0.2, 0.25) is 0 Å². The quantitative estimate of drug-likeness (QED) is 0.724. The molecule has 3 N–H and O–H groups in total. The van der Waals surface area contributed by atoms with Crippen LogP contribution < -0.4 is 16.0 Å². The number of pyridine rings is 1. The van der Waals surface area contributed by atoms with Crippen LogP contribution in [0.25, 0.3) is 0 Å². The molecule has 1 unspecified atom stereocenters. The first-order chi connectivity index (χ1) is 12.0. The fourth-order valence-electron chi connectivity index (χ4n) is 2.31. The molecule has 2 aromatic rings. The van der Waals surface area contributed by atoms with Gasteiger partial charge in [-0.1, -0.05) is 30.7 Å². The molecule has 0 saturated heterocycles. The number of aromatic nitrogens is 1. The molecule has 6 nitrogen and oxygen atoms in total. The van der Waals surface area contributed by atoms with E-state index in [1.807, 2.05) is 44.2 Å². The van der Waals surface area contributed by atoms with E-state index in [0.29, 0.717) is 18.8 Å². The number of benzene rings is 1. The van der Waals surface area contributed by atoms with Gasteiger partial charge in [0.2, 0.25) is 11.8 Å². The van der Waals surface area contributed by atoms with Crippen LogP contribution in [-0.2, 0) is 16.1 Å². The Kier molecular flexibility index (Phi) is 6.65. The van der Waals surface area contributed by atoms with Crippen LogP contribution >= 0.6 is 0 Å². The van der Waals surface area contributed by atoms with Crippen LogP contribution in [-0.4, -0.2) is 22.8 Å². The lowest BCUT2D eigenvalue weighted by molar-refractivity contribution is -0.118. The van der Waals surface area contributed by atoms with E-state index < -0.39 is 0 Å². The normalized spacial score (nSPS) is 11.6. The molecular weight excluding hydrogens is 316 g/mol. The number of nitrogens with one attached hydrogen (secondary N) is 3. The first-order valence-electron chi connectivity index (χ1n) is 8.31. The summed E-state index contributed by atoms with van der Waals surface area (Å²) in [6.07, 6.45) is 2.36. The van der Waals surface area contributed by atoms with Gasteiger partial charge in [0, 0.05) is 25.4 Å². The number of anilines is 2. The molecule has 0 radical (unpaired) electrons. The van der Waals surface area contributed by atoms with E-state index in [9.17, 15) is 9.59 Å². The predicted molar refractivity (Wildman–Crippen MR) is 99.3 cm³/mol. The number of hydrogen-bond donors (Lipinski definition) is 3. The molecule has 6 heteroatoms. The van der Waals surface area contributed by atoms with Crippen molar-refractivity contribution in [3.05, 3.63) is 53.7 Å². The zero-order valence-electron chi connectivity index (χ0n) is 14.8. The SMILES string of the molecule is CCC(NCc1ccc(NC(C)=O)nc1)C(=O)Nc1ccc(C)cc1. The molecule has 0 saturated carbocycles. The molecule has 2 amide bonds. The van der Waals surface area contributed by atoms with E-state index in [0.717, 1.165) is 16.8 Å². The molecule has 0 aliphatic rings. The smallest absolute Gasteiger partial charge is 0.241 e. The van der Waals surface area contributed by atoms with Gasteiger partial charge >= 0.3 is 0 Å². The number of hydrogen-bond acceptors (Lipinski definition) is 4. The van der Waals surface area contributed by atoms with Crippen LogP contribution in [0.3, 0.4) is 0 Å². The van der Waals surface area contributed by atoms with Gasteiger partial charge in [0.25, 0.3) is 0 Å². The maximum Gasteiger partial charge on any atom is 0.241 e. The molecule has 0 aliphatic heterocycles. The van der Waals surface area contributed by atoms with Crippen molar-refractivity contribution >= 4 is 23.3 Å². The van der Waals surface area contributed by atoms with Crippen LogP contribution in [0, 0.1) is 6.92 Å². The molecule has 2 rings (SSSR count). The molecule has 1 heterocycles. The average molecular weight is 340 g/mol. The van der Waals surface area contributed by atoms with Crippen LogP contribution in [0.15, 0.2) is 42.6 Å². The van der Waals surface area contributed by atoms with E-state index in [1.54, 1.807) is 12.3 Å². The van der Waals surface area contributed by atoms with Crippen LogP contribution in [0.5, 0.6) is 0 Å². The number of amides is 2. The Morgan fingerprint density at radius 2 is 1.80 bits per heavy atom. The van der Waals surface area contributed by atoms with Gasteiger partial charge in [-0.15, -0.1) is 0 Å². The molecular formula is C19H24N4O2. The molecule has 1 aromatic carbocycles. The van der Waals surface area contributed by atoms with Gasteiger partial charge in [0.1, 0.15) is 5.82 Å². The summed E-state index contributed by atoms with van der Waals surface area (Å²) in [4.78, 5) is 27.5. The van der Waals surface area contributed by atoms with Crippen molar-refractivity contribution in [3.8, 4) is 0 Å². The molecule has 0 aliphatic carbocycles. The van der Waals surface area contributed by atoms with E-state index in [4.69, 9.17) is 0 Å². The minimum absolute atomic E-state index is 0.0609. The number of carbonyl (C=O) groups is 2. The topological polar surface area (TPSA) is 83.1 Å². The van der Waals surface area contributed by atoms with Gasteiger partial charge in [0.15, 0.2) is 0 Å². The molecule has 1 atom stereocenters. The summed E-state index contributed by atoms with van der Waals surface area (Å²) in [6.45, 7) is 5.93. The zero-order chi connectivity index (χ0) is 18.2. The Labute approximate surface area is 148 Å². The number of aryl methyl sites for hydroxylation is 1. The van der Waals surface area contributed by atoms with Gasteiger partial charge in [-0.05, 0) is 37.1 Å². The lowest BCUT2D eigenvalue weighted by Crippen LogP contribution is -2.39. The molecule has 25 heavy (non-hydrogen) atoms. The average Bonchev–Trinajstić information content (AvgIpc) is 2.58. The van der Waals surface area contributed by atoms with Crippen LogP contribution in [0.4, 0.5) is 11.5 Å². The van der Waals surface area contributed by atoms with Crippen molar-refractivity contribution in [2.75, 3.05) is 10.6 Å². The fourth-order valence-corrected chi connectivity index (χ4v) is 2.31. The summed E-state index contributed by atoms with van der Waals surface area (Å²) in [5, 5.41) is 8.78. The first kappa shape index (κ1) is 18.6. The van der Waals surface area contributed by atoms with Crippen molar-refractivity contribution in [1.82, 2.24) is 10.3 Å². The highest BCUT2D eigenvalue weighted by molar-refractivity contribution is 5.94. The highest BCUT2D eigenvalue weighted by Crippen LogP contribution is 2.10. The third-order valence-corrected chi connectivity index (χ3v) is 3.73. The third-order valence-electron chi connectivity index (χ3n) is 3.73. The fraction of sp³-hybridized carbons (Fsp3) is 0.316. The molecule has 0 fully saturated rings. The Balaban J connectivity index is 1.89. The van der Waals surface area contributed by atoms with E-state index >= 15 is 0 Å². The first-order valence-corrected chi connectivity index (χ1v) is 8.31. The van der Waals surface area contributed by atoms with Gasteiger partial charge in [0.05, 0.1) is 6.04 Å². The molecule has 1 aromatic heterocycles. The minimum Gasteiger partial charge on any atom is -0.325 e. The van der Waals surface area contributed by atoms with E-state index in [1.165, 1.54) is 6.92 Å². The second-order valence-electron chi connectivity index (χ2n) is 5.93. The van der Waals surface area contributed by atoms with E-state index in [2.05, 4.69) is 20.9 Å². The maximum absolute atomic E-state index is 12.4. The number of carbonyl (C=O) groups excluding carboxylic acids is 2. The predicted octanol–water partition coefficient (Wildman–Crippen LogP) is 2.86. The largest absolute Gasteiger partial charge is 0.325 e. The van der Waals surface area contributed by atoms with Crippen molar-refractivity contribution in [2.45, 2.75) is 39.8 Å². The lowest BCUT2D eigenvalue weighted by Gasteiger charge is -2.17. The zero-order valence-corrected chi connectivity index (χ0v) is 14.8. The third kappa shape index (κ3) is 6.00. The van der Waals surface area contributed by atoms with Gasteiger partial charge in [-0.25, -0.2) is 4.98 Å². The van der Waals surface area contributed by atoms with E-state index in [-0.39, 0.29) is 17.9 Å². The number of rotatable bonds is 7. The Bertz CT molecular complexity index is 711. The molecule has 0 spiro atoms. The lowest BCUT2D eigenvalue weighted by atomic mass is 10.1. The molecule has 132 valence electrons. The number of nitrogens with zero attached hydrogens (tertiary/aromatic N) is 1. The highest BCUT2D eigenvalue weighted by Gasteiger charge is 2.15. The summed E-state index contributed by atoms with van der Waals surface area (Å²) in [7, 11) is 0. The second kappa shape index (κ2) is 8.94. The van der Waals surface area contributed by atoms with Gasteiger partial charge in [-0.3, -0.25) is 9.59 Å². The van der Waals surface area contributed by atoms with Crippen molar-refractivity contribution < 1.29 is 9.59 Å². The van der Waals surface area contributed by atoms with Crippen molar-refractivity contribution in [1.29, 1.82) is 0 Å². The summed E-state index contributed by atoms with van der Waals surface area (Å²) < 4.78 is 0. The Hall–Kier alpha value is -2.73. The van der Waals surface area contributed by atoms with Crippen molar-refractivity contribution in [2.24, 2.45) is 0 Å². The monoisotopic (exact) mass is 340 g/mol. The summed E-state index contributed by atoms with van der Waals surface area (Å²) >= 11 is 0. The Morgan fingerprint density at radius 1 is 1.08 bits per heavy atom. The summed E-state index contributed by atoms with van der Waals surface area (Å²) in [5.41, 5.74) is 2.88.